The summed E-state index contributed by atoms with van der Waals surface area (Å²) in [5.74, 6) is 0. The molecule has 2 aromatic rings. The molecule has 1 saturated heterocycles. The minimum absolute atomic E-state index is 0.659. The molecule has 0 aliphatic carbocycles. The fourth-order valence-electron chi connectivity index (χ4n) is 3.50. The Labute approximate surface area is 140 Å². The lowest BCUT2D eigenvalue weighted by Crippen LogP contribution is -2.38. The molecule has 1 aliphatic rings. The Morgan fingerprint density at radius 3 is 2.43 bits per heavy atom. The zero-order valence-corrected chi connectivity index (χ0v) is 14.0. The van der Waals surface area contributed by atoms with Crippen molar-refractivity contribution in [2.45, 2.75) is 38.1 Å². The van der Waals surface area contributed by atoms with Crippen LogP contribution in [0, 0.1) is 0 Å². The number of para-hydroxylation sites is 1. The van der Waals surface area contributed by atoms with Crippen LogP contribution in [0.1, 0.15) is 31.2 Å². The van der Waals surface area contributed by atoms with Crippen LogP contribution in [0.15, 0.2) is 60.7 Å². The molecule has 0 aromatic heterocycles. The Bertz CT molecular complexity index is 553. The molecule has 122 valence electrons. The highest BCUT2D eigenvalue weighted by atomic mass is 15.2. The molecule has 1 fully saturated rings. The van der Waals surface area contributed by atoms with Crippen LogP contribution in [0.3, 0.4) is 0 Å². The highest BCUT2D eigenvalue weighted by molar-refractivity contribution is 5.48. The molecule has 2 heteroatoms. The number of rotatable bonds is 8. The molecular weight excluding hydrogens is 280 g/mol. The summed E-state index contributed by atoms with van der Waals surface area (Å²) in [5, 5.41) is 3.67. The van der Waals surface area contributed by atoms with Crippen LogP contribution < -0.4 is 10.2 Å². The molecule has 1 aliphatic heterocycles. The Morgan fingerprint density at radius 1 is 0.913 bits per heavy atom. The number of nitrogens with zero attached hydrogens (tertiary/aromatic N) is 1. The van der Waals surface area contributed by atoms with E-state index in [1.807, 2.05) is 0 Å². The van der Waals surface area contributed by atoms with E-state index in [0.717, 1.165) is 13.1 Å². The van der Waals surface area contributed by atoms with Gasteiger partial charge in [0.2, 0.25) is 0 Å². The second-order valence-electron chi connectivity index (χ2n) is 6.47. The number of hydrogen-bond acceptors (Lipinski definition) is 2. The highest BCUT2D eigenvalue weighted by Crippen LogP contribution is 2.24. The van der Waals surface area contributed by atoms with Gasteiger partial charge in [-0.15, -0.1) is 0 Å². The van der Waals surface area contributed by atoms with Gasteiger partial charge in [-0.05, 0) is 56.3 Å². The first-order chi connectivity index (χ1) is 11.4. The van der Waals surface area contributed by atoms with Gasteiger partial charge in [0, 0.05) is 24.8 Å². The second kappa shape index (κ2) is 8.73. The average molecular weight is 308 g/mol. The third-order valence-electron chi connectivity index (χ3n) is 4.76. The van der Waals surface area contributed by atoms with Gasteiger partial charge in [0.1, 0.15) is 0 Å². The summed E-state index contributed by atoms with van der Waals surface area (Å²) in [5.41, 5.74) is 2.83. The van der Waals surface area contributed by atoms with E-state index in [1.165, 1.54) is 49.9 Å². The summed E-state index contributed by atoms with van der Waals surface area (Å²) in [6.45, 7) is 3.44. The number of nitrogens with one attached hydrogen (secondary N) is 1. The third-order valence-corrected chi connectivity index (χ3v) is 4.76. The van der Waals surface area contributed by atoms with Crippen molar-refractivity contribution in [3.63, 3.8) is 0 Å². The molecule has 1 N–H and O–H groups in total. The predicted molar refractivity (Wildman–Crippen MR) is 99.1 cm³/mol. The van der Waals surface area contributed by atoms with E-state index >= 15 is 0 Å². The van der Waals surface area contributed by atoms with Crippen molar-refractivity contribution in [3.05, 3.63) is 66.2 Å². The maximum absolute atomic E-state index is 3.67. The topological polar surface area (TPSA) is 15.3 Å². The largest absolute Gasteiger partial charge is 0.367 e. The zero-order chi connectivity index (χ0) is 15.7. The van der Waals surface area contributed by atoms with Gasteiger partial charge in [-0.2, -0.15) is 0 Å². The van der Waals surface area contributed by atoms with Crippen LogP contribution in [0.5, 0.6) is 0 Å². The molecule has 1 heterocycles. The maximum atomic E-state index is 3.67. The van der Waals surface area contributed by atoms with E-state index in [0.29, 0.717) is 6.04 Å². The number of benzene rings is 2. The number of aryl methyl sites for hydroxylation is 1. The lowest BCUT2D eigenvalue weighted by molar-refractivity contribution is 0.553. The summed E-state index contributed by atoms with van der Waals surface area (Å²) < 4.78 is 0. The van der Waals surface area contributed by atoms with Gasteiger partial charge >= 0.3 is 0 Å². The normalized spacial score (nSPS) is 17.6. The van der Waals surface area contributed by atoms with Crippen LogP contribution in [-0.2, 0) is 6.42 Å². The SMILES string of the molecule is c1ccc(CCCCNCC2CCCN2c2ccccc2)cc1. The summed E-state index contributed by atoms with van der Waals surface area (Å²) in [6.07, 6.45) is 6.35. The lowest BCUT2D eigenvalue weighted by Gasteiger charge is -2.27. The molecule has 0 radical (unpaired) electrons. The van der Waals surface area contributed by atoms with Gasteiger partial charge in [-0.3, -0.25) is 0 Å². The molecule has 2 nitrogen and oxygen atoms in total. The van der Waals surface area contributed by atoms with E-state index in [1.54, 1.807) is 0 Å². The summed E-state index contributed by atoms with van der Waals surface area (Å²) in [6, 6.07) is 22.3. The van der Waals surface area contributed by atoms with Gasteiger partial charge in [0.25, 0.3) is 0 Å². The third kappa shape index (κ3) is 4.84. The molecule has 2 aromatic carbocycles. The second-order valence-corrected chi connectivity index (χ2v) is 6.47. The van der Waals surface area contributed by atoms with Gasteiger partial charge in [-0.1, -0.05) is 48.5 Å². The Hall–Kier alpha value is -1.80. The Balaban J connectivity index is 1.34. The zero-order valence-electron chi connectivity index (χ0n) is 14.0. The first-order valence-electron chi connectivity index (χ1n) is 9.00. The van der Waals surface area contributed by atoms with Crippen molar-refractivity contribution in [2.24, 2.45) is 0 Å². The maximum Gasteiger partial charge on any atom is 0.0415 e. The van der Waals surface area contributed by atoms with E-state index in [2.05, 4.69) is 70.9 Å². The fourth-order valence-corrected chi connectivity index (χ4v) is 3.50. The molecular formula is C21H28N2. The number of unbranched alkanes of at least 4 members (excludes halogenated alkanes) is 1. The molecule has 3 rings (SSSR count). The van der Waals surface area contributed by atoms with Crippen molar-refractivity contribution in [1.29, 1.82) is 0 Å². The number of hydrogen-bond donors (Lipinski definition) is 1. The van der Waals surface area contributed by atoms with Crippen LogP contribution in [0.2, 0.25) is 0 Å². The highest BCUT2D eigenvalue weighted by Gasteiger charge is 2.23. The fraction of sp³-hybridized carbons (Fsp3) is 0.429. The van der Waals surface area contributed by atoms with Gasteiger partial charge < -0.3 is 10.2 Å². The van der Waals surface area contributed by atoms with Gasteiger partial charge in [0.05, 0.1) is 0 Å². The molecule has 0 amide bonds. The summed E-state index contributed by atoms with van der Waals surface area (Å²) in [4.78, 5) is 2.57. The first-order valence-corrected chi connectivity index (χ1v) is 9.00. The molecule has 23 heavy (non-hydrogen) atoms. The Morgan fingerprint density at radius 2 is 1.65 bits per heavy atom. The smallest absolute Gasteiger partial charge is 0.0415 e. The van der Waals surface area contributed by atoms with Crippen LogP contribution in [0.4, 0.5) is 5.69 Å². The minimum atomic E-state index is 0.659. The molecule has 0 saturated carbocycles. The van der Waals surface area contributed by atoms with Gasteiger partial charge in [0.15, 0.2) is 0 Å². The quantitative estimate of drug-likeness (QED) is 0.733. The van der Waals surface area contributed by atoms with E-state index in [4.69, 9.17) is 0 Å². The van der Waals surface area contributed by atoms with Crippen molar-refractivity contribution in [2.75, 3.05) is 24.5 Å². The Kier molecular flexibility index (Phi) is 6.10. The van der Waals surface area contributed by atoms with Crippen LogP contribution in [0.25, 0.3) is 0 Å². The van der Waals surface area contributed by atoms with Crippen molar-refractivity contribution in [3.8, 4) is 0 Å². The van der Waals surface area contributed by atoms with Gasteiger partial charge in [-0.25, -0.2) is 0 Å². The van der Waals surface area contributed by atoms with Crippen LogP contribution >= 0.6 is 0 Å². The monoisotopic (exact) mass is 308 g/mol. The summed E-state index contributed by atoms with van der Waals surface area (Å²) in [7, 11) is 0. The number of anilines is 1. The molecule has 0 spiro atoms. The predicted octanol–water partition coefficient (Wildman–Crippen LogP) is 4.27. The first kappa shape index (κ1) is 16.1. The molecule has 0 bridgehead atoms. The van der Waals surface area contributed by atoms with Crippen LogP contribution in [-0.4, -0.2) is 25.7 Å². The molecule has 1 unspecified atom stereocenters. The summed E-state index contributed by atoms with van der Waals surface area (Å²) >= 11 is 0. The molecule has 1 atom stereocenters. The van der Waals surface area contributed by atoms with E-state index in [-0.39, 0.29) is 0 Å². The minimum Gasteiger partial charge on any atom is -0.367 e. The van der Waals surface area contributed by atoms with Crippen molar-refractivity contribution in [1.82, 2.24) is 5.32 Å². The van der Waals surface area contributed by atoms with Crippen molar-refractivity contribution < 1.29 is 0 Å². The standard InChI is InChI=1S/C21H28N2/c1-3-10-19(11-4-1)12-7-8-16-22-18-21-15-9-17-23(21)20-13-5-2-6-14-20/h1-6,10-11,13-14,21-22H,7-9,12,15-18H2. The van der Waals surface area contributed by atoms with E-state index < -0.39 is 0 Å². The van der Waals surface area contributed by atoms with E-state index in [9.17, 15) is 0 Å². The van der Waals surface area contributed by atoms with Crippen molar-refractivity contribution >= 4 is 5.69 Å². The average Bonchev–Trinajstić information content (AvgIpc) is 3.08. The lowest BCUT2D eigenvalue weighted by atomic mass is 10.1.